The number of carboxylic acids is 1. The van der Waals surface area contributed by atoms with Gasteiger partial charge in [0, 0.05) is 24.9 Å². The van der Waals surface area contributed by atoms with Crippen LogP contribution in [0, 0.1) is 0 Å². The van der Waals surface area contributed by atoms with Crippen molar-refractivity contribution < 1.29 is 19.4 Å². The fraction of sp³-hybridized carbons (Fsp3) is 0.467. The van der Waals surface area contributed by atoms with Gasteiger partial charge in [-0.25, -0.2) is 0 Å². The highest BCUT2D eigenvalue weighted by Crippen LogP contribution is 2.21. The molecule has 0 unspecified atom stereocenters. The van der Waals surface area contributed by atoms with Gasteiger partial charge in [0.15, 0.2) is 0 Å². The molecule has 6 nitrogen and oxygen atoms in total. The summed E-state index contributed by atoms with van der Waals surface area (Å²) in [6.45, 7) is 1.11. The lowest BCUT2D eigenvalue weighted by molar-refractivity contribution is -0.134. The van der Waals surface area contributed by atoms with E-state index in [0.29, 0.717) is 17.9 Å². The lowest BCUT2D eigenvalue weighted by Gasteiger charge is -2.24. The van der Waals surface area contributed by atoms with E-state index in [2.05, 4.69) is 5.32 Å². The van der Waals surface area contributed by atoms with Crippen molar-refractivity contribution in [3.63, 3.8) is 0 Å². The highest BCUT2D eigenvalue weighted by atomic mass is 16.5. The van der Waals surface area contributed by atoms with Crippen LogP contribution < -0.4 is 5.32 Å². The average Bonchev–Trinajstić information content (AvgIpc) is 2.93. The van der Waals surface area contributed by atoms with Crippen LogP contribution in [0.5, 0.6) is 0 Å². The first kappa shape index (κ1) is 15.3. The van der Waals surface area contributed by atoms with Gasteiger partial charge < -0.3 is 20.1 Å². The SMILES string of the molecule is COC[C@@H]1CCCN1C(=O)c1cccc(NCC(=O)O)c1. The molecule has 114 valence electrons. The molecule has 1 aliphatic heterocycles. The Balaban J connectivity index is 2.08. The quantitative estimate of drug-likeness (QED) is 0.829. The number of hydrogen-bond acceptors (Lipinski definition) is 4. The largest absolute Gasteiger partial charge is 0.480 e. The zero-order valence-corrected chi connectivity index (χ0v) is 12.0. The van der Waals surface area contributed by atoms with Crippen LogP contribution in [0.2, 0.25) is 0 Å². The molecule has 1 aromatic rings. The molecule has 1 aliphatic rings. The molecule has 1 fully saturated rings. The predicted molar refractivity (Wildman–Crippen MR) is 78.5 cm³/mol. The van der Waals surface area contributed by atoms with Crippen molar-refractivity contribution in [3.8, 4) is 0 Å². The van der Waals surface area contributed by atoms with E-state index in [1.165, 1.54) is 0 Å². The number of hydrogen-bond donors (Lipinski definition) is 2. The summed E-state index contributed by atoms with van der Waals surface area (Å²) in [5.74, 6) is -0.972. The summed E-state index contributed by atoms with van der Waals surface area (Å²) in [6, 6.07) is 7.05. The number of carboxylic acid groups (broad SMARTS) is 1. The summed E-state index contributed by atoms with van der Waals surface area (Å²) in [5, 5.41) is 11.4. The van der Waals surface area contributed by atoms with E-state index in [0.717, 1.165) is 19.4 Å². The Morgan fingerprint density at radius 3 is 3.00 bits per heavy atom. The van der Waals surface area contributed by atoms with Crippen molar-refractivity contribution in [2.75, 3.05) is 32.1 Å². The molecule has 21 heavy (non-hydrogen) atoms. The van der Waals surface area contributed by atoms with E-state index >= 15 is 0 Å². The number of aliphatic carboxylic acids is 1. The first-order valence-electron chi connectivity index (χ1n) is 6.97. The van der Waals surface area contributed by atoms with Gasteiger partial charge in [0.05, 0.1) is 12.6 Å². The molecule has 6 heteroatoms. The minimum atomic E-state index is -0.938. The van der Waals surface area contributed by atoms with Gasteiger partial charge in [0.25, 0.3) is 5.91 Å². The van der Waals surface area contributed by atoms with Gasteiger partial charge in [-0.1, -0.05) is 6.07 Å². The molecule has 0 bridgehead atoms. The highest BCUT2D eigenvalue weighted by molar-refractivity contribution is 5.95. The minimum absolute atomic E-state index is 0.0338. The Bertz CT molecular complexity index is 518. The van der Waals surface area contributed by atoms with Crippen molar-refractivity contribution in [2.45, 2.75) is 18.9 Å². The van der Waals surface area contributed by atoms with Crippen molar-refractivity contribution in [2.24, 2.45) is 0 Å². The van der Waals surface area contributed by atoms with Crippen molar-refractivity contribution in [3.05, 3.63) is 29.8 Å². The Morgan fingerprint density at radius 2 is 2.29 bits per heavy atom. The van der Waals surface area contributed by atoms with Crippen LogP contribution in [0.4, 0.5) is 5.69 Å². The zero-order chi connectivity index (χ0) is 15.2. The van der Waals surface area contributed by atoms with E-state index < -0.39 is 5.97 Å². The molecular formula is C15H20N2O4. The maximum Gasteiger partial charge on any atom is 0.322 e. The van der Waals surface area contributed by atoms with Gasteiger partial charge in [-0.2, -0.15) is 0 Å². The van der Waals surface area contributed by atoms with Gasteiger partial charge in [-0.05, 0) is 31.0 Å². The summed E-state index contributed by atoms with van der Waals surface area (Å²) in [5.41, 5.74) is 1.19. The Labute approximate surface area is 123 Å². The predicted octanol–water partition coefficient (Wildman–Crippen LogP) is 1.43. The lowest BCUT2D eigenvalue weighted by atomic mass is 10.1. The Hall–Kier alpha value is -2.08. The van der Waals surface area contributed by atoms with Crippen LogP contribution in [0.15, 0.2) is 24.3 Å². The average molecular weight is 292 g/mol. The second kappa shape index (κ2) is 7.08. The van der Waals surface area contributed by atoms with E-state index in [4.69, 9.17) is 9.84 Å². The van der Waals surface area contributed by atoms with E-state index in [1.807, 2.05) is 4.90 Å². The molecule has 1 aromatic carbocycles. The van der Waals surface area contributed by atoms with Crippen LogP contribution >= 0.6 is 0 Å². The van der Waals surface area contributed by atoms with Crippen LogP contribution in [0.1, 0.15) is 23.2 Å². The smallest absolute Gasteiger partial charge is 0.322 e. The maximum absolute atomic E-state index is 12.5. The third kappa shape index (κ3) is 3.95. The number of anilines is 1. The van der Waals surface area contributed by atoms with Crippen molar-refractivity contribution >= 4 is 17.6 Å². The molecule has 1 amide bonds. The molecule has 1 heterocycles. The molecule has 0 aliphatic carbocycles. The minimum Gasteiger partial charge on any atom is -0.480 e. The van der Waals surface area contributed by atoms with Crippen LogP contribution in [0.3, 0.4) is 0 Å². The number of benzene rings is 1. The third-order valence-electron chi connectivity index (χ3n) is 3.55. The summed E-state index contributed by atoms with van der Waals surface area (Å²) in [6.07, 6.45) is 1.94. The molecule has 2 rings (SSSR count). The number of nitrogens with zero attached hydrogens (tertiary/aromatic N) is 1. The standard InChI is InChI=1S/C15H20N2O4/c1-21-10-13-6-3-7-17(13)15(20)11-4-2-5-12(8-11)16-9-14(18)19/h2,4-5,8,13,16H,3,6-7,9-10H2,1H3,(H,18,19)/t13-/m0/s1. The summed E-state index contributed by atoms with van der Waals surface area (Å²) in [4.78, 5) is 24.9. The summed E-state index contributed by atoms with van der Waals surface area (Å²) < 4.78 is 5.16. The summed E-state index contributed by atoms with van der Waals surface area (Å²) in [7, 11) is 1.64. The van der Waals surface area contributed by atoms with Crippen LogP contribution in [-0.2, 0) is 9.53 Å². The Morgan fingerprint density at radius 1 is 1.48 bits per heavy atom. The van der Waals surface area contributed by atoms with Gasteiger partial charge in [-0.15, -0.1) is 0 Å². The normalized spacial score (nSPS) is 17.8. The molecule has 0 saturated carbocycles. The topological polar surface area (TPSA) is 78.9 Å². The molecular weight excluding hydrogens is 272 g/mol. The highest BCUT2D eigenvalue weighted by Gasteiger charge is 2.29. The van der Waals surface area contributed by atoms with Crippen LogP contribution in [0.25, 0.3) is 0 Å². The number of carbonyl (C=O) groups is 2. The number of likely N-dealkylation sites (tertiary alicyclic amines) is 1. The third-order valence-corrected chi connectivity index (χ3v) is 3.55. The number of nitrogens with one attached hydrogen (secondary N) is 1. The Kier molecular flexibility index (Phi) is 5.16. The molecule has 0 radical (unpaired) electrons. The second-order valence-corrected chi connectivity index (χ2v) is 5.08. The molecule has 0 aromatic heterocycles. The molecule has 2 N–H and O–H groups in total. The van der Waals surface area contributed by atoms with Gasteiger partial charge >= 0.3 is 5.97 Å². The second-order valence-electron chi connectivity index (χ2n) is 5.08. The monoisotopic (exact) mass is 292 g/mol. The maximum atomic E-state index is 12.5. The van der Waals surface area contributed by atoms with Gasteiger partial charge in [0.1, 0.15) is 6.54 Å². The van der Waals surface area contributed by atoms with Gasteiger partial charge in [-0.3, -0.25) is 9.59 Å². The fourth-order valence-electron chi connectivity index (χ4n) is 2.57. The zero-order valence-electron chi connectivity index (χ0n) is 12.0. The van der Waals surface area contributed by atoms with Crippen LogP contribution in [-0.4, -0.2) is 54.7 Å². The van der Waals surface area contributed by atoms with Crippen molar-refractivity contribution in [1.29, 1.82) is 0 Å². The van der Waals surface area contributed by atoms with E-state index in [-0.39, 0.29) is 18.5 Å². The fourth-order valence-corrected chi connectivity index (χ4v) is 2.57. The summed E-state index contributed by atoms with van der Waals surface area (Å²) >= 11 is 0. The molecule has 1 saturated heterocycles. The first-order chi connectivity index (χ1) is 10.1. The number of ether oxygens (including phenoxy) is 1. The number of amides is 1. The first-order valence-corrected chi connectivity index (χ1v) is 6.97. The van der Waals surface area contributed by atoms with E-state index in [1.54, 1.807) is 31.4 Å². The number of carbonyl (C=O) groups excluding carboxylic acids is 1. The molecule has 1 atom stereocenters. The number of methoxy groups -OCH3 is 1. The number of rotatable bonds is 6. The van der Waals surface area contributed by atoms with E-state index in [9.17, 15) is 9.59 Å². The molecule has 0 spiro atoms. The van der Waals surface area contributed by atoms with Crippen molar-refractivity contribution in [1.82, 2.24) is 4.90 Å². The lowest BCUT2D eigenvalue weighted by Crippen LogP contribution is -2.38. The van der Waals surface area contributed by atoms with Gasteiger partial charge in [0.2, 0.25) is 0 Å².